The quantitative estimate of drug-likeness (QED) is 0.557. The van der Waals surface area contributed by atoms with E-state index in [0.717, 1.165) is 12.8 Å². The van der Waals surface area contributed by atoms with E-state index in [1.54, 1.807) is 6.08 Å². The zero-order valence-corrected chi connectivity index (χ0v) is 11.0. The summed E-state index contributed by atoms with van der Waals surface area (Å²) >= 11 is 0. The highest BCUT2D eigenvalue weighted by molar-refractivity contribution is 5.60. The standard InChI is InChI=1S/C14H22O3/c1-5-8-16-12(15)17-11-9-10-6-7-14(11,4)13(10,2)3/h5,10-11H,1,6-9H2,2-4H3. The van der Waals surface area contributed by atoms with E-state index in [-0.39, 0.29) is 23.5 Å². The Bertz CT molecular complexity index is 334. The van der Waals surface area contributed by atoms with Crippen LogP contribution >= 0.6 is 0 Å². The van der Waals surface area contributed by atoms with Crippen LogP contribution in [0.5, 0.6) is 0 Å². The van der Waals surface area contributed by atoms with Crippen molar-refractivity contribution in [2.45, 2.75) is 46.1 Å². The normalized spacial score (nSPS) is 37.8. The lowest BCUT2D eigenvalue weighted by molar-refractivity contribution is -0.0355. The highest BCUT2D eigenvalue weighted by atomic mass is 16.7. The Labute approximate surface area is 103 Å². The first-order chi connectivity index (χ1) is 7.91. The average molecular weight is 238 g/mol. The maximum Gasteiger partial charge on any atom is 0.508 e. The second-order valence-corrected chi connectivity index (χ2v) is 6.07. The van der Waals surface area contributed by atoms with Gasteiger partial charge in [-0.25, -0.2) is 4.79 Å². The van der Waals surface area contributed by atoms with Crippen LogP contribution in [0, 0.1) is 16.7 Å². The van der Waals surface area contributed by atoms with Gasteiger partial charge in [-0.15, -0.1) is 0 Å². The molecule has 0 amide bonds. The summed E-state index contributed by atoms with van der Waals surface area (Å²) in [6.45, 7) is 10.6. The second-order valence-electron chi connectivity index (χ2n) is 6.07. The van der Waals surface area contributed by atoms with Crippen molar-refractivity contribution in [1.82, 2.24) is 0 Å². The van der Waals surface area contributed by atoms with Crippen LogP contribution in [0.15, 0.2) is 12.7 Å². The summed E-state index contributed by atoms with van der Waals surface area (Å²) in [5, 5.41) is 0. The van der Waals surface area contributed by atoms with Gasteiger partial charge < -0.3 is 9.47 Å². The molecular formula is C14H22O3. The molecule has 2 bridgehead atoms. The van der Waals surface area contributed by atoms with Gasteiger partial charge >= 0.3 is 6.16 Å². The van der Waals surface area contributed by atoms with Crippen molar-refractivity contribution in [3.05, 3.63) is 12.7 Å². The Morgan fingerprint density at radius 1 is 1.47 bits per heavy atom. The molecule has 3 unspecified atom stereocenters. The molecule has 0 radical (unpaired) electrons. The minimum absolute atomic E-state index is 0.00793. The van der Waals surface area contributed by atoms with E-state index >= 15 is 0 Å². The number of ether oxygens (including phenoxy) is 2. The fourth-order valence-electron chi connectivity index (χ4n) is 3.59. The summed E-state index contributed by atoms with van der Waals surface area (Å²) < 4.78 is 10.4. The van der Waals surface area contributed by atoms with Gasteiger partial charge in [-0.3, -0.25) is 0 Å². The largest absolute Gasteiger partial charge is 0.508 e. The minimum atomic E-state index is -0.556. The molecule has 2 aliphatic rings. The van der Waals surface area contributed by atoms with Crippen LogP contribution in [-0.4, -0.2) is 18.9 Å². The van der Waals surface area contributed by atoms with Crippen molar-refractivity contribution in [3.8, 4) is 0 Å². The topological polar surface area (TPSA) is 35.5 Å². The molecule has 0 N–H and O–H groups in total. The van der Waals surface area contributed by atoms with Crippen LogP contribution in [0.2, 0.25) is 0 Å². The first-order valence-corrected chi connectivity index (χ1v) is 6.36. The van der Waals surface area contributed by atoms with E-state index in [2.05, 4.69) is 27.4 Å². The third-order valence-electron chi connectivity index (χ3n) is 5.27. The van der Waals surface area contributed by atoms with Crippen molar-refractivity contribution in [2.24, 2.45) is 16.7 Å². The van der Waals surface area contributed by atoms with Crippen molar-refractivity contribution in [2.75, 3.05) is 6.61 Å². The monoisotopic (exact) mass is 238 g/mol. The predicted molar refractivity (Wildman–Crippen MR) is 65.6 cm³/mol. The van der Waals surface area contributed by atoms with Crippen LogP contribution in [0.1, 0.15) is 40.0 Å². The van der Waals surface area contributed by atoms with Crippen LogP contribution in [0.4, 0.5) is 4.79 Å². The van der Waals surface area contributed by atoms with Gasteiger partial charge in [0.05, 0.1) is 0 Å². The van der Waals surface area contributed by atoms with Crippen molar-refractivity contribution in [3.63, 3.8) is 0 Å². The molecule has 0 aromatic rings. The Balaban J connectivity index is 2.01. The zero-order chi connectivity index (χ0) is 12.7. The van der Waals surface area contributed by atoms with Crippen molar-refractivity contribution in [1.29, 1.82) is 0 Å². The Kier molecular flexibility index (Phi) is 2.96. The highest BCUT2D eigenvalue weighted by Gasteiger charge is 2.63. The predicted octanol–water partition coefficient (Wildman–Crippen LogP) is 3.54. The highest BCUT2D eigenvalue weighted by Crippen LogP contribution is 2.66. The molecule has 0 spiro atoms. The first-order valence-electron chi connectivity index (χ1n) is 6.36. The summed E-state index contributed by atoms with van der Waals surface area (Å²) in [6.07, 6.45) is 4.38. The molecule has 0 aromatic carbocycles. The van der Waals surface area contributed by atoms with Gasteiger partial charge in [0.15, 0.2) is 0 Å². The van der Waals surface area contributed by atoms with E-state index in [9.17, 15) is 4.79 Å². The van der Waals surface area contributed by atoms with Crippen LogP contribution < -0.4 is 0 Å². The molecule has 2 fully saturated rings. The Hall–Kier alpha value is -0.990. The molecule has 0 heterocycles. The lowest BCUT2D eigenvalue weighted by Crippen LogP contribution is -2.38. The Morgan fingerprint density at radius 2 is 2.18 bits per heavy atom. The van der Waals surface area contributed by atoms with E-state index < -0.39 is 6.16 Å². The second kappa shape index (κ2) is 4.04. The van der Waals surface area contributed by atoms with Gasteiger partial charge in [-0.2, -0.15) is 0 Å². The SMILES string of the molecule is C=CCOC(=O)OC1CC2CCC1(C)C2(C)C. The molecular weight excluding hydrogens is 216 g/mol. The number of rotatable bonds is 3. The molecule has 2 aliphatic carbocycles. The van der Waals surface area contributed by atoms with Gasteiger partial charge in [-0.1, -0.05) is 33.4 Å². The van der Waals surface area contributed by atoms with E-state index in [0.29, 0.717) is 5.92 Å². The van der Waals surface area contributed by atoms with Crippen molar-refractivity contribution < 1.29 is 14.3 Å². The maximum absolute atomic E-state index is 11.5. The number of carbonyl (C=O) groups excluding carboxylic acids is 1. The maximum atomic E-state index is 11.5. The molecule has 3 atom stereocenters. The summed E-state index contributed by atoms with van der Waals surface area (Å²) in [7, 11) is 0. The van der Waals surface area contributed by atoms with Gasteiger partial charge in [0, 0.05) is 5.41 Å². The zero-order valence-electron chi connectivity index (χ0n) is 11.0. The third-order valence-corrected chi connectivity index (χ3v) is 5.27. The summed E-state index contributed by atoms with van der Waals surface area (Å²) in [5.41, 5.74) is 0.362. The smallest absolute Gasteiger partial charge is 0.430 e. The van der Waals surface area contributed by atoms with Gasteiger partial charge in [-0.05, 0) is 30.6 Å². The van der Waals surface area contributed by atoms with Crippen LogP contribution in [-0.2, 0) is 9.47 Å². The molecule has 0 aromatic heterocycles. The molecule has 2 rings (SSSR count). The van der Waals surface area contributed by atoms with Crippen LogP contribution in [0.25, 0.3) is 0 Å². The number of carbonyl (C=O) groups is 1. The van der Waals surface area contributed by atoms with Gasteiger partial charge in [0.25, 0.3) is 0 Å². The van der Waals surface area contributed by atoms with E-state index in [1.807, 2.05) is 0 Å². The molecule has 0 saturated heterocycles. The molecule has 96 valence electrons. The summed E-state index contributed by atoms with van der Waals surface area (Å²) in [5.74, 6) is 0.671. The van der Waals surface area contributed by atoms with E-state index in [1.165, 1.54) is 6.42 Å². The van der Waals surface area contributed by atoms with Gasteiger partial charge in [0.2, 0.25) is 0 Å². The average Bonchev–Trinajstić information content (AvgIpc) is 2.59. The number of fused-ring (bicyclic) bond motifs is 2. The summed E-state index contributed by atoms with van der Waals surface area (Å²) in [4.78, 5) is 11.5. The fraction of sp³-hybridized carbons (Fsp3) is 0.786. The first kappa shape index (κ1) is 12.5. The van der Waals surface area contributed by atoms with Crippen LogP contribution in [0.3, 0.4) is 0 Å². The molecule has 2 saturated carbocycles. The molecule has 3 heteroatoms. The lowest BCUT2D eigenvalue weighted by Gasteiger charge is -2.38. The third kappa shape index (κ3) is 1.76. The lowest BCUT2D eigenvalue weighted by atomic mass is 9.70. The Morgan fingerprint density at radius 3 is 2.65 bits per heavy atom. The molecule has 17 heavy (non-hydrogen) atoms. The minimum Gasteiger partial charge on any atom is -0.430 e. The van der Waals surface area contributed by atoms with Crippen molar-refractivity contribution >= 4 is 6.16 Å². The van der Waals surface area contributed by atoms with Gasteiger partial charge in [0.1, 0.15) is 12.7 Å². The molecule has 3 nitrogen and oxygen atoms in total. The number of hydrogen-bond acceptors (Lipinski definition) is 3. The number of hydrogen-bond donors (Lipinski definition) is 0. The molecule has 0 aliphatic heterocycles. The fourth-order valence-corrected chi connectivity index (χ4v) is 3.59. The van der Waals surface area contributed by atoms with E-state index in [4.69, 9.17) is 9.47 Å². The summed E-state index contributed by atoms with van der Waals surface area (Å²) in [6, 6.07) is 0.